The average Bonchev–Trinajstić information content (AvgIpc) is 0.831. The summed E-state index contributed by atoms with van der Waals surface area (Å²) in [4.78, 5) is 294. The molecule has 15 atom stereocenters. The Hall–Kier alpha value is -12.3. The van der Waals surface area contributed by atoms with Crippen LogP contribution in [0.25, 0.3) is 0 Å². The molecule has 0 bridgehead atoms. The standard InChI is InChI=1S/C99H167N19O30S/c1-5-8-10-12-14-16-18-20-22-24-26-28-33-43-84(131)147-59-64(148-85(132)44-34-29-27-25-23-21-19-17-15-13-11-9-6-2)60-149-61-65(102)87(133)106-56-80(124)107-71(52-77(103)121)92(138)113-72(53-78(104)122)93(139)115-74(55-83(129)130)94(140)110-68(46-48-82(127)128)90(136)116-75(57-119)96(142)114-73(54-79(105)123)95(141)118-86(62(4)7-3)98(144)117-76(58-120)97(143)112-70(51-63-39-31-30-32-40-63)91(137)108-66(41-35-37-49-100)88(134)109-67(45-47-81(125)126)89(135)111-69(99(145)146)42-36-38-50-101/h30-32,39-40,62,64-76,86,119-120H,5-29,33-38,41-61,100-102H2,1-4H3,(H2,103,121)(H2,104,122)(H2,105,123)(H,106,133)(H,107,124)(H,108,137)(H,109,134)(H,110,140)(H,111,135)(H,112,143)(H,113,138)(H,114,142)(H,115,139)(H,116,136)(H,117,144)(H,118,141)(H,125,126)(H,127,128)(H,129,130)(H,145,146). The van der Waals surface area contributed by atoms with Gasteiger partial charge in [-0.15, -0.1) is 0 Å². The quantitative estimate of drug-likeness (QED) is 0.0298. The van der Waals surface area contributed by atoms with Gasteiger partial charge < -0.3 is 144 Å². The number of carboxylic acid groups (broad SMARTS) is 4. The topological polar surface area (TPSA) is 828 Å². The Morgan fingerprint density at radius 3 is 1.07 bits per heavy atom. The van der Waals surface area contributed by atoms with E-state index in [-0.39, 0.29) is 82.6 Å². The van der Waals surface area contributed by atoms with Crippen molar-refractivity contribution in [3.63, 3.8) is 0 Å². The van der Waals surface area contributed by atoms with E-state index in [0.29, 0.717) is 31.2 Å². The second-order valence-corrected chi connectivity index (χ2v) is 38.3. The smallest absolute Gasteiger partial charge is 0.326 e. The maximum atomic E-state index is 14.5. The van der Waals surface area contributed by atoms with E-state index in [9.17, 15) is 136 Å². The summed E-state index contributed by atoms with van der Waals surface area (Å²) in [5, 5.41) is 89.1. The number of primary amides is 3. The SMILES string of the molecule is CCCCCCCCCCCCCCCC(=O)OCC(CSCC(N)C(=O)NCC(=O)NC(CC(N)=O)C(=O)NC(CC(N)=O)C(=O)NC(CC(=O)O)C(=O)NC(CCC(=O)O)C(=O)NC(CO)C(=O)NC(CC(N)=O)C(=O)NC(C(=O)NC(CO)C(=O)NC(Cc1ccccc1)C(=O)NC(CCCCN)C(=O)NC(CCC(=O)O)C(=O)NC(CCCCN)C(=O)O)C(C)CC)OC(=O)CCCCCCCCCCCCCCC. The molecular formula is C99H167N19O30S. The lowest BCUT2D eigenvalue weighted by atomic mass is 9.97. The molecule has 0 saturated carbocycles. The molecule has 50 heteroatoms. The van der Waals surface area contributed by atoms with Crippen LogP contribution in [0.5, 0.6) is 0 Å². The lowest BCUT2D eigenvalue weighted by Gasteiger charge is -2.29. The van der Waals surface area contributed by atoms with E-state index in [1.807, 2.05) is 21.3 Å². The summed E-state index contributed by atoms with van der Waals surface area (Å²) in [6.45, 7) is 3.90. The van der Waals surface area contributed by atoms with Gasteiger partial charge in [0.2, 0.25) is 94.5 Å². The molecule has 0 aromatic heterocycles. The first-order valence-electron chi connectivity index (χ1n) is 52.0. The number of amides is 16. The van der Waals surface area contributed by atoms with Crippen LogP contribution in [0, 0.1) is 5.92 Å². The van der Waals surface area contributed by atoms with Gasteiger partial charge in [-0.25, -0.2) is 4.79 Å². The van der Waals surface area contributed by atoms with Crippen molar-refractivity contribution >= 4 is 142 Å². The molecule has 0 fully saturated rings. The predicted molar refractivity (Wildman–Crippen MR) is 548 cm³/mol. The first-order chi connectivity index (χ1) is 71.0. The second-order valence-electron chi connectivity index (χ2n) is 37.2. The van der Waals surface area contributed by atoms with Crippen LogP contribution in [0.4, 0.5) is 0 Å². The molecule has 0 aliphatic carbocycles. The molecule has 0 aliphatic rings. The summed E-state index contributed by atoms with van der Waals surface area (Å²) in [6.07, 6.45) is 21.2. The number of carbonyl (C=O) groups excluding carboxylic acids is 18. The Morgan fingerprint density at radius 1 is 0.342 bits per heavy atom. The highest BCUT2D eigenvalue weighted by Crippen LogP contribution is 2.20. The van der Waals surface area contributed by atoms with Crippen LogP contribution in [0.3, 0.4) is 0 Å². The van der Waals surface area contributed by atoms with Gasteiger partial charge >= 0.3 is 35.8 Å². The highest BCUT2D eigenvalue weighted by Gasteiger charge is 2.40. The van der Waals surface area contributed by atoms with E-state index in [0.717, 1.165) is 69.5 Å². The van der Waals surface area contributed by atoms with Crippen molar-refractivity contribution in [2.24, 2.45) is 40.3 Å². The summed E-state index contributed by atoms with van der Waals surface area (Å²) in [5.74, 6) is -28.9. The van der Waals surface area contributed by atoms with Gasteiger partial charge in [0.15, 0.2) is 0 Å². The summed E-state index contributed by atoms with van der Waals surface area (Å²) in [6, 6.07) is -16.6. The number of carbonyl (C=O) groups is 22. The Bertz CT molecular complexity index is 4320. The number of hydrogen-bond donors (Lipinski definition) is 25. The van der Waals surface area contributed by atoms with E-state index in [2.05, 4.69) is 61.7 Å². The lowest BCUT2D eigenvalue weighted by Crippen LogP contribution is -2.62. The Kier molecular flexibility index (Phi) is 72.9. The highest BCUT2D eigenvalue weighted by atomic mass is 32.2. The molecule has 149 heavy (non-hydrogen) atoms. The van der Waals surface area contributed by atoms with Crippen molar-refractivity contribution in [3.8, 4) is 0 Å². The number of nitrogens with one attached hydrogen (secondary N) is 13. The van der Waals surface area contributed by atoms with Crippen molar-refractivity contribution in [3.05, 3.63) is 35.9 Å². The second kappa shape index (κ2) is 80.7. The normalized spacial score (nSPS) is 14.1. The molecule has 15 unspecified atom stereocenters. The number of nitrogens with two attached hydrogens (primary N) is 6. The maximum Gasteiger partial charge on any atom is 0.326 e. The van der Waals surface area contributed by atoms with Crippen LogP contribution in [0.2, 0.25) is 0 Å². The fourth-order valence-corrected chi connectivity index (χ4v) is 16.4. The summed E-state index contributed by atoms with van der Waals surface area (Å²) in [5.41, 5.74) is 34.3. The Balaban J connectivity index is 3.43. The predicted octanol–water partition coefficient (Wildman–Crippen LogP) is -0.155. The van der Waals surface area contributed by atoms with E-state index < -0.39 is 292 Å². The van der Waals surface area contributed by atoms with Crippen LogP contribution in [-0.4, -0.2) is 297 Å². The van der Waals surface area contributed by atoms with Gasteiger partial charge in [-0.3, -0.25) is 101 Å². The van der Waals surface area contributed by atoms with Gasteiger partial charge in [-0.05, 0) is 88.8 Å². The minimum Gasteiger partial charge on any atom is -0.481 e. The highest BCUT2D eigenvalue weighted by molar-refractivity contribution is 7.99. The molecular weight excluding hydrogens is 1970 g/mol. The van der Waals surface area contributed by atoms with Gasteiger partial charge in [-0.2, -0.15) is 11.8 Å². The summed E-state index contributed by atoms with van der Waals surface area (Å²) in [7, 11) is 0. The molecule has 1 aromatic rings. The van der Waals surface area contributed by atoms with Crippen LogP contribution >= 0.6 is 11.8 Å². The molecule has 1 aromatic carbocycles. The maximum absolute atomic E-state index is 14.5. The third-order valence-electron chi connectivity index (χ3n) is 24.2. The molecule has 844 valence electrons. The summed E-state index contributed by atoms with van der Waals surface area (Å²) < 4.78 is 11.4. The number of rotatable bonds is 90. The number of aliphatic hydroxyl groups is 2. The molecule has 31 N–H and O–H groups in total. The minimum atomic E-state index is -2.35. The van der Waals surface area contributed by atoms with Crippen LogP contribution in [0.15, 0.2) is 30.3 Å². The average molecular weight is 2140 g/mol. The van der Waals surface area contributed by atoms with Gasteiger partial charge in [-0.1, -0.05) is 219 Å². The largest absolute Gasteiger partial charge is 0.481 e. The molecule has 16 amide bonds. The number of esters is 2. The van der Waals surface area contributed by atoms with Crippen molar-refractivity contribution in [2.45, 2.75) is 395 Å². The van der Waals surface area contributed by atoms with Crippen LogP contribution < -0.4 is 104 Å². The number of aliphatic hydroxyl groups excluding tert-OH is 2. The fourth-order valence-electron chi connectivity index (χ4n) is 15.5. The number of thioether (sulfide) groups is 1. The fraction of sp³-hybridized carbons (Fsp3) is 0.717. The third-order valence-corrected chi connectivity index (χ3v) is 25.4. The Labute approximate surface area is 874 Å². The zero-order chi connectivity index (χ0) is 112. The number of aliphatic carboxylic acids is 4. The zero-order valence-corrected chi connectivity index (χ0v) is 87.5. The number of ether oxygens (including phenoxy) is 2. The molecule has 0 radical (unpaired) electrons. The first kappa shape index (κ1) is 135. The number of unbranched alkanes of at least 4 members (excludes halogenated alkanes) is 26. The van der Waals surface area contributed by atoms with Gasteiger partial charge in [0.25, 0.3) is 0 Å². The van der Waals surface area contributed by atoms with Gasteiger partial charge in [0.1, 0.15) is 85.2 Å². The Morgan fingerprint density at radius 2 is 0.678 bits per heavy atom. The molecule has 0 heterocycles. The van der Waals surface area contributed by atoms with E-state index in [4.69, 9.17) is 43.9 Å². The van der Waals surface area contributed by atoms with Crippen LogP contribution in [0.1, 0.15) is 309 Å². The van der Waals surface area contributed by atoms with Crippen molar-refractivity contribution in [1.29, 1.82) is 0 Å². The van der Waals surface area contributed by atoms with Gasteiger partial charge in [0.05, 0.1) is 51.5 Å². The van der Waals surface area contributed by atoms with Gasteiger partial charge in [0, 0.05) is 43.6 Å². The third kappa shape index (κ3) is 63.3. The number of benzene rings is 1. The molecule has 0 saturated heterocycles. The molecule has 0 aliphatic heterocycles. The minimum absolute atomic E-state index is 0.0386. The van der Waals surface area contributed by atoms with Crippen molar-refractivity contribution in [2.75, 3.05) is 51.0 Å². The molecule has 1 rings (SSSR count). The van der Waals surface area contributed by atoms with Crippen LogP contribution in [-0.2, 0) is 121 Å². The first-order valence-corrected chi connectivity index (χ1v) is 53.1. The van der Waals surface area contributed by atoms with Crippen molar-refractivity contribution in [1.82, 2.24) is 69.1 Å². The molecule has 49 nitrogen and oxygen atoms in total. The number of hydrogen-bond acceptors (Lipinski definition) is 30. The lowest BCUT2D eigenvalue weighted by molar-refractivity contribution is -0.157. The zero-order valence-electron chi connectivity index (χ0n) is 86.7. The van der Waals surface area contributed by atoms with Crippen molar-refractivity contribution < 1.29 is 146 Å². The van der Waals surface area contributed by atoms with E-state index in [1.165, 1.54) is 103 Å². The summed E-state index contributed by atoms with van der Waals surface area (Å²) >= 11 is 1.08. The monoisotopic (exact) mass is 2130 g/mol. The number of carboxylic acids is 4. The van der Waals surface area contributed by atoms with E-state index >= 15 is 0 Å². The van der Waals surface area contributed by atoms with E-state index in [1.54, 1.807) is 37.3 Å². The molecule has 0 spiro atoms.